The molecule has 5 heteroatoms. The lowest BCUT2D eigenvalue weighted by atomic mass is 10.0. The van der Waals surface area contributed by atoms with Crippen LogP contribution in [-0.4, -0.2) is 97.6 Å². The first-order chi connectivity index (χ1) is 13.6. The lowest BCUT2D eigenvalue weighted by molar-refractivity contribution is 0.105. The summed E-state index contributed by atoms with van der Waals surface area (Å²) in [5.41, 5.74) is 8.14. The Morgan fingerprint density at radius 2 is 1.21 bits per heavy atom. The molecule has 0 amide bonds. The summed E-state index contributed by atoms with van der Waals surface area (Å²) in [4.78, 5) is 10.6. The topological polar surface area (TPSA) is 39.0 Å². The van der Waals surface area contributed by atoms with Crippen LogP contribution in [0.3, 0.4) is 0 Å². The van der Waals surface area contributed by atoms with Crippen molar-refractivity contribution >= 4 is 5.69 Å². The quantitative estimate of drug-likeness (QED) is 0.757. The van der Waals surface area contributed by atoms with Gasteiger partial charge in [0.15, 0.2) is 0 Å². The molecule has 1 saturated heterocycles. The molecule has 160 valence electrons. The van der Waals surface area contributed by atoms with E-state index < -0.39 is 0 Å². The van der Waals surface area contributed by atoms with Gasteiger partial charge in [-0.2, -0.15) is 0 Å². The lowest BCUT2D eigenvalue weighted by Gasteiger charge is -2.38. The highest BCUT2D eigenvalue weighted by atomic mass is 15.3. The van der Waals surface area contributed by atoms with E-state index in [9.17, 15) is 0 Å². The zero-order valence-electron chi connectivity index (χ0n) is 18.7. The maximum Gasteiger partial charge on any atom is 0.0314 e. The molecule has 1 aromatic carbocycles. The molecule has 2 N–H and O–H groups in total. The molecule has 0 aliphatic carbocycles. The minimum atomic E-state index is 0.543. The standard InChI is InChI=1S/C23H43N5/c1-5-25-13-14-26(6-2)17-18-28(8-4)23(20-27(7-3)16-15-25)19-21-9-11-22(24)12-10-21/h9-12,23H,5-8,13-20,24H2,1-4H3. The molecular formula is C23H43N5. The van der Waals surface area contributed by atoms with Gasteiger partial charge in [-0.05, 0) is 50.3 Å². The fourth-order valence-electron chi connectivity index (χ4n) is 4.20. The average molecular weight is 390 g/mol. The average Bonchev–Trinajstić information content (AvgIpc) is 2.71. The van der Waals surface area contributed by atoms with Crippen LogP contribution in [0.5, 0.6) is 0 Å². The second kappa shape index (κ2) is 12.4. The molecule has 1 unspecified atom stereocenters. The summed E-state index contributed by atoms with van der Waals surface area (Å²) < 4.78 is 0. The van der Waals surface area contributed by atoms with Gasteiger partial charge in [0.05, 0.1) is 0 Å². The van der Waals surface area contributed by atoms with Gasteiger partial charge in [-0.25, -0.2) is 0 Å². The number of benzene rings is 1. The molecule has 1 atom stereocenters. The van der Waals surface area contributed by atoms with Gasteiger partial charge in [-0.15, -0.1) is 0 Å². The van der Waals surface area contributed by atoms with Crippen molar-refractivity contribution in [3.8, 4) is 0 Å². The van der Waals surface area contributed by atoms with Crippen molar-refractivity contribution in [1.82, 2.24) is 19.6 Å². The van der Waals surface area contributed by atoms with E-state index >= 15 is 0 Å². The molecule has 2 rings (SSSR count). The van der Waals surface area contributed by atoms with Gasteiger partial charge in [-0.3, -0.25) is 4.90 Å². The van der Waals surface area contributed by atoms with Gasteiger partial charge < -0.3 is 20.4 Å². The zero-order chi connectivity index (χ0) is 20.4. The lowest BCUT2D eigenvalue weighted by Crippen LogP contribution is -2.50. The maximum atomic E-state index is 5.90. The summed E-state index contributed by atoms with van der Waals surface area (Å²) in [5, 5.41) is 0. The first kappa shape index (κ1) is 23.1. The van der Waals surface area contributed by atoms with Crippen LogP contribution in [0.15, 0.2) is 24.3 Å². The molecule has 0 saturated carbocycles. The molecule has 0 radical (unpaired) electrons. The Kier molecular flexibility index (Phi) is 10.3. The highest BCUT2D eigenvalue weighted by molar-refractivity contribution is 5.39. The number of hydrogen-bond donors (Lipinski definition) is 1. The molecular weight excluding hydrogens is 346 g/mol. The molecule has 0 aromatic heterocycles. The van der Waals surface area contributed by atoms with Gasteiger partial charge in [-0.1, -0.05) is 39.8 Å². The van der Waals surface area contributed by atoms with Crippen molar-refractivity contribution in [2.75, 3.05) is 77.7 Å². The third-order valence-electron chi connectivity index (χ3n) is 6.35. The molecule has 5 nitrogen and oxygen atoms in total. The normalized spacial score (nSPS) is 22.6. The van der Waals surface area contributed by atoms with Crippen molar-refractivity contribution in [3.05, 3.63) is 29.8 Å². The van der Waals surface area contributed by atoms with E-state index in [0.29, 0.717) is 6.04 Å². The molecule has 1 aromatic rings. The minimum Gasteiger partial charge on any atom is -0.399 e. The number of anilines is 1. The number of rotatable bonds is 6. The van der Waals surface area contributed by atoms with Gasteiger partial charge in [0, 0.05) is 57.5 Å². The Balaban J connectivity index is 2.17. The molecule has 0 bridgehead atoms. The van der Waals surface area contributed by atoms with Crippen LogP contribution in [0, 0.1) is 0 Å². The number of likely N-dealkylation sites (N-methyl/N-ethyl adjacent to an activating group) is 4. The van der Waals surface area contributed by atoms with Gasteiger partial charge in [0.2, 0.25) is 0 Å². The van der Waals surface area contributed by atoms with E-state index in [4.69, 9.17) is 5.73 Å². The predicted molar refractivity (Wildman–Crippen MR) is 122 cm³/mol. The van der Waals surface area contributed by atoms with Crippen molar-refractivity contribution in [2.24, 2.45) is 0 Å². The number of nitrogens with two attached hydrogens (primary N) is 1. The highest BCUT2D eigenvalue weighted by Gasteiger charge is 2.22. The minimum absolute atomic E-state index is 0.543. The smallest absolute Gasteiger partial charge is 0.0314 e. The second-order valence-corrected chi connectivity index (χ2v) is 7.99. The molecule has 1 aliphatic heterocycles. The van der Waals surface area contributed by atoms with E-state index in [1.54, 1.807) is 0 Å². The van der Waals surface area contributed by atoms with E-state index in [2.05, 4.69) is 59.4 Å². The first-order valence-electron chi connectivity index (χ1n) is 11.3. The first-order valence-corrected chi connectivity index (χ1v) is 11.3. The molecule has 1 heterocycles. The third-order valence-corrected chi connectivity index (χ3v) is 6.35. The van der Waals surface area contributed by atoms with Crippen molar-refractivity contribution < 1.29 is 0 Å². The maximum absolute atomic E-state index is 5.90. The van der Waals surface area contributed by atoms with Crippen molar-refractivity contribution in [3.63, 3.8) is 0 Å². The fourth-order valence-corrected chi connectivity index (χ4v) is 4.20. The Hall–Kier alpha value is -1.14. The van der Waals surface area contributed by atoms with Crippen molar-refractivity contribution in [1.29, 1.82) is 0 Å². The van der Waals surface area contributed by atoms with E-state index in [1.165, 1.54) is 25.2 Å². The SMILES string of the molecule is CCN1CCN(CC)CCN(CC)C(Cc2ccc(N)cc2)CN(CC)CC1. The van der Waals surface area contributed by atoms with Crippen molar-refractivity contribution in [2.45, 2.75) is 40.2 Å². The number of hydrogen-bond acceptors (Lipinski definition) is 5. The highest BCUT2D eigenvalue weighted by Crippen LogP contribution is 2.14. The molecule has 0 spiro atoms. The summed E-state index contributed by atoms with van der Waals surface area (Å²) in [6.45, 7) is 21.8. The molecule has 1 fully saturated rings. The molecule has 1 aliphatic rings. The summed E-state index contributed by atoms with van der Waals surface area (Å²) in [6.07, 6.45) is 1.09. The zero-order valence-corrected chi connectivity index (χ0v) is 18.7. The summed E-state index contributed by atoms with van der Waals surface area (Å²) >= 11 is 0. The van der Waals surface area contributed by atoms with Crippen LogP contribution in [0.25, 0.3) is 0 Å². The number of nitrogens with zero attached hydrogens (tertiary/aromatic N) is 4. The summed E-state index contributed by atoms with van der Waals surface area (Å²) in [6, 6.07) is 9.02. The predicted octanol–water partition coefficient (Wildman–Crippen LogP) is 2.48. The van der Waals surface area contributed by atoms with Crippen LogP contribution in [0.4, 0.5) is 5.69 Å². The second-order valence-electron chi connectivity index (χ2n) is 7.99. The van der Waals surface area contributed by atoms with Gasteiger partial charge in [0.1, 0.15) is 0 Å². The van der Waals surface area contributed by atoms with Crippen LogP contribution in [-0.2, 0) is 6.42 Å². The number of nitrogen functional groups attached to an aromatic ring is 1. The summed E-state index contributed by atoms with van der Waals surface area (Å²) in [5.74, 6) is 0. The summed E-state index contributed by atoms with van der Waals surface area (Å²) in [7, 11) is 0. The van der Waals surface area contributed by atoms with Gasteiger partial charge in [0.25, 0.3) is 0 Å². The van der Waals surface area contributed by atoms with Crippen LogP contribution < -0.4 is 5.73 Å². The van der Waals surface area contributed by atoms with Crippen LogP contribution >= 0.6 is 0 Å². The largest absolute Gasteiger partial charge is 0.399 e. The van der Waals surface area contributed by atoms with E-state index in [1.807, 2.05) is 12.1 Å². The Labute approximate surface area is 173 Å². The molecule has 28 heavy (non-hydrogen) atoms. The monoisotopic (exact) mass is 389 g/mol. The Bertz CT molecular complexity index is 532. The van der Waals surface area contributed by atoms with E-state index in [-0.39, 0.29) is 0 Å². The van der Waals surface area contributed by atoms with E-state index in [0.717, 1.165) is 64.5 Å². The van der Waals surface area contributed by atoms with Crippen LogP contribution in [0.1, 0.15) is 33.3 Å². The van der Waals surface area contributed by atoms with Crippen LogP contribution in [0.2, 0.25) is 0 Å². The Morgan fingerprint density at radius 1 is 0.714 bits per heavy atom. The van der Waals surface area contributed by atoms with Gasteiger partial charge >= 0.3 is 0 Å². The third kappa shape index (κ3) is 7.36. The fraction of sp³-hybridized carbons (Fsp3) is 0.739. The Morgan fingerprint density at radius 3 is 1.71 bits per heavy atom.